The van der Waals surface area contributed by atoms with Gasteiger partial charge in [-0.2, -0.15) is 0 Å². The van der Waals surface area contributed by atoms with Crippen molar-refractivity contribution in [2.24, 2.45) is 5.92 Å². The molecule has 27 heavy (non-hydrogen) atoms. The molecule has 2 aromatic carbocycles. The highest BCUT2D eigenvalue weighted by Crippen LogP contribution is 2.24. The van der Waals surface area contributed by atoms with Crippen LogP contribution in [0.25, 0.3) is 0 Å². The summed E-state index contributed by atoms with van der Waals surface area (Å²) in [5, 5.41) is 0. The monoisotopic (exact) mass is 389 g/mol. The van der Waals surface area contributed by atoms with Gasteiger partial charge in [-0.05, 0) is 55.5 Å². The van der Waals surface area contributed by atoms with Gasteiger partial charge in [-0.3, -0.25) is 4.79 Å². The maximum Gasteiger partial charge on any atom is 0.214 e. The molecular weight excluding hydrogens is 365 g/mol. The van der Waals surface area contributed by atoms with Crippen molar-refractivity contribution in [2.75, 3.05) is 18.8 Å². The lowest BCUT2D eigenvalue weighted by atomic mass is 9.89. The average molecular weight is 389 g/mol. The minimum Gasteiger partial charge on any atom is -0.294 e. The van der Waals surface area contributed by atoms with Gasteiger partial charge in [-0.15, -0.1) is 0 Å². The Bertz CT molecular complexity index is 904. The number of aryl methyl sites for hydroxylation is 2. The summed E-state index contributed by atoms with van der Waals surface area (Å²) in [5.74, 6) is -0.493. The maximum atomic E-state index is 13.4. The van der Waals surface area contributed by atoms with Crippen LogP contribution in [-0.2, 0) is 16.4 Å². The second-order valence-electron chi connectivity index (χ2n) is 7.05. The molecule has 0 unspecified atom stereocenters. The quantitative estimate of drug-likeness (QED) is 0.710. The van der Waals surface area contributed by atoms with Gasteiger partial charge >= 0.3 is 0 Å². The van der Waals surface area contributed by atoms with Gasteiger partial charge in [0.15, 0.2) is 5.78 Å². The summed E-state index contributed by atoms with van der Waals surface area (Å²) in [6, 6.07) is 13.9. The molecule has 0 bridgehead atoms. The highest BCUT2D eigenvalue weighted by Gasteiger charge is 2.31. The summed E-state index contributed by atoms with van der Waals surface area (Å²) in [5.41, 5.74) is 1.94. The SMILES string of the molecule is Cc1cc(C(=O)C2CCN(S(=O)(=O)CCc3ccccc3)CC2)ccc1F. The van der Waals surface area contributed by atoms with Crippen LogP contribution in [0.3, 0.4) is 0 Å². The largest absolute Gasteiger partial charge is 0.294 e. The molecule has 3 rings (SSSR count). The number of benzene rings is 2. The van der Waals surface area contributed by atoms with E-state index in [-0.39, 0.29) is 23.3 Å². The van der Waals surface area contributed by atoms with E-state index in [9.17, 15) is 17.6 Å². The first-order valence-corrected chi connectivity index (χ1v) is 10.8. The van der Waals surface area contributed by atoms with E-state index in [0.29, 0.717) is 43.5 Å². The normalized spacial score (nSPS) is 16.4. The molecule has 1 saturated heterocycles. The van der Waals surface area contributed by atoms with Crippen molar-refractivity contribution in [1.29, 1.82) is 0 Å². The Hall–Kier alpha value is -2.05. The molecule has 1 aliphatic rings. The van der Waals surface area contributed by atoms with Crippen molar-refractivity contribution in [3.8, 4) is 0 Å². The Morgan fingerprint density at radius 3 is 2.41 bits per heavy atom. The maximum absolute atomic E-state index is 13.4. The van der Waals surface area contributed by atoms with Crippen molar-refractivity contribution in [2.45, 2.75) is 26.2 Å². The second kappa shape index (κ2) is 8.31. The standard InChI is InChI=1S/C21H24FNO3S/c1-16-15-19(7-8-20(16)22)21(24)18-9-12-23(13-10-18)27(25,26)14-11-17-5-3-2-4-6-17/h2-8,15,18H,9-14H2,1H3. The molecule has 4 nitrogen and oxygen atoms in total. The third-order valence-corrected chi connectivity index (χ3v) is 7.02. The molecule has 0 radical (unpaired) electrons. The number of nitrogens with zero attached hydrogens (tertiary/aromatic N) is 1. The molecule has 0 saturated carbocycles. The van der Waals surface area contributed by atoms with Gasteiger partial charge in [0.05, 0.1) is 5.75 Å². The predicted molar refractivity (Wildman–Crippen MR) is 104 cm³/mol. The fraction of sp³-hybridized carbons (Fsp3) is 0.381. The molecule has 0 amide bonds. The van der Waals surface area contributed by atoms with Gasteiger partial charge in [0.1, 0.15) is 5.82 Å². The van der Waals surface area contributed by atoms with Crippen molar-refractivity contribution >= 4 is 15.8 Å². The number of ketones is 1. The number of halogens is 1. The van der Waals surface area contributed by atoms with E-state index in [1.165, 1.54) is 16.4 Å². The van der Waals surface area contributed by atoms with E-state index in [2.05, 4.69) is 0 Å². The van der Waals surface area contributed by atoms with Crippen molar-refractivity contribution < 1.29 is 17.6 Å². The summed E-state index contributed by atoms with van der Waals surface area (Å²) >= 11 is 0. The van der Waals surface area contributed by atoms with Gasteiger partial charge < -0.3 is 0 Å². The van der Waals surface area contributed by atoms with E-state index >= 15 is 0 Å². The average Bonchev–Trinajstić information content (AvgIpc) is 2.69. The summed E-state index contributed by atoms with van der Waals surface area (Å²) in [6.45, 7) is 2.34. The lowest BCUT2D eigenvalue weighted by molar-refractivity contribution is 0.0875. The van der Waals surface area contributed by atoms with Crippen LogP contribution in [0.4, 0.5) is 4.39 Å². The number of hydrogen-bond donors (Lipinski definition) is 0. The minimum absolute atomic E-state index is 0.0283. The molecule has 144 valence electrons. The second-order valence-corrected chi connectivity index (χ2v) is 9.14. The highest BCUT2D eigenvalue weighted by molar-refractivity contribution is 7.89. The van der Waals surface area contributed by atoms with E-state index in [4.69, 9.17) is 0 Å². The van der Waals surface area contributed by atoms with E-state index in [1.807, 2.05) is 30.3 Å². The molecular formula is C21H24FNO3S. The number of sulfonamides is 1. The van der Waals surface area contributed by atoms with E-state index in [0.717, 1.165) is 5.56 Å². The van der Waals surface area contributed by atoms with Crippen LogP contribution in [0.5, 0.6) is 0 Å². The summed E-state index contributed by atoms with van der Waals surface area (Å²) in [6.07, 6.45) is 1.48. The van der Waals surface area contributed by atoms with Gasteiger partial charge in [0, 0.05) is 24.6 Å². The van der Waals surface area contributed by atoms with Gasteiger partial charge in [-0.1, -0.05) is 30.3 Å². The predicted octanol–water partition coefficient (Wildman–Crippen LogP) is 3.60. The van der Waals surface area contributed by atoms with Crippen molar-refractivity contribution in [1.82, 2.24) is 4.31 Å². The lowest BCUT2D eigenvalue weighted by Crippen LogP contribution is -2.41. The summed E-state index contributed by atoms with van der Waals surface area (Å²) < 4.78 is 40.1. The van der Waals surface area contributed by atoms with E-state index in [1.54, 1.807) is 13.0 Å². The summed E-state index contributed by atoms with van der Waals surface area (Å²) in [4.78, 5) is 12.6. The van der Waals surface area contributed by atoms with Crippen molar-refractivity contribution in [3.05, 3.63) is 71.0 Å². The molecule has 0 aromatic heterocycles. The number of carbonyl (C=O) groups excluding carboxylic acids is 1. The smallest absolute Gasteiger partial charge is 0.214 e. The molecule has 0 atom stereocenters. The lowest BCUT2D eigenvalue weighted by Gasteiger charge is -2.30. The zero-order valence-corrected chi connectivity index (χ0v) is 16.2. The highest BCUT2D eigenvalue weighted by atomic mass is 32.2. The molecule has 1 heterocycles. The molecule has 6 heteroatoms. The Balaban J connectivity index is 1.57. The third-order valence-electron chi connectivity index (χ3n) is 5.15. The van der Waals surface area contributed by atoms with Crippen LogP contribution in [0.2, 0.25) is 0 Å². The van der Waals surface area contributed by atoms with Gasteiger partial charge in [-0.25, -0.2) is 17.1 Å². The molecule has 0 spiro atoms. The van der Waals surface area contributed by atoms with Crippen LogP contribution >= 0.6 is 0 Å². The first kappa shape index (κ1) is 19.7. The Morgan fingerprint density at radius 2 is 1.78 bits per heavy atom. The first-order chi connectivity index (χ1) is 12.9. The Kier molecular flexibility index (Phi) is 6.07. The van der Waals surface area contributed by atoms with Crippen LogP contribution in [-0.4, -0.2) is 37.3 Å². The minimum atomic E-state index is -3.34. The zero-order valence-electron chi connectivity index (χ0n) is 15.4. The van der Waals surface area contributed by atoms with Crippen molar-refractivity contribution in [3.63, 3.8) is 0 Å². The Labute approximate surface area is 160 Å². The number of rotatable bonds is 6. The number of hydrogen-bond acceptors (Lipinski definition) is 3. The van der Waals surface area contributed by atoms with Gasteiger partial charge in [0.2, 0.25) is 10.0 Å². The topological polar surface area (TPSA) is 54.5 Å². The fourth-order valence-electron chi connectivity index (χ4n) is 3.45. The van der Waals surface area contributed by atoms with E-state index < -0.39 is 10.0 Å². The van der Waals surface area contributed by atoms with Gasteiger partial charge in [0.25, 0.3) is 0 Å². The molecule has 1 aliphatic heterocycles. The number of Topliss-reactive ketones (excluding diaryl/α,β-unsaturated/α-hetero) is 1. The van der Waals surface area contributed by atoms with Crippen LogP contribution < -0.4 is 0 Å². The molecule has 1 fully saturated rings. The van der Waals surface area contributed by atoms with Crippen LogP contribution in [0.1, 0.15) is 34.3 Å². The molecule has 0 N–H and O–H groups in total. The number of piperidine rings is 1. The molecule has 0 aliphatic carbocycles. The molecule has 2 aromatic rings. The zero-order chi connectivity index (χ0) is 19.4. The Morgan fingerprint density at radius 1 is 1.11 bits per heavy atom. The summed E-state index contributed by atoms with van der Waals surface area (Å²) in [7, 11) is -3.34. The first-order valence-electron chi connectivity index (χ1n) is 9.19. The van der Waals surface area contributed by atoms with Crippen LogP contribution in [0, 0.1) is 18.7 Å². The van der Waals surface area contributed by atoms with Crippen LogP contribution in [0.15, 0.2) is 48.5 Å². The third kappa shape index (κ3) is 4.82. The number of carbonyl (C=O) groups is 1. The fourth-order valence-corrected chi connectivity index (χ4v) is 4.97.